The Hall–Kier alpha value is -0.380. The molecule has 1 atom stereocenters. The standard InChI is InChI=1S/C16H23ClN2S/c1-2-13-11-19(8-9-20-13)16-5-3-4-15(17)14(16)10-18-12-6-7-12/h3-5,12-13,18H,2,6-11H2,1H3. The van der Waals surface area contributed by atoms with Gasteiger partial charge in [0.2, 0.25) is 0 Å². The van der Waals surface area contributed by atoms with E-state index in [1.807, 2.05) is 6.07 Å². The van der Waals surface area contributed by atoms with E-state index in [1.165, 1.54) is 36.3 Å². The molecule has 1 saturated carbocycles. The van der Waals surface area contributed by atoms with Gasteiger partial charge in [0.1, 0.15) is 0 Å². The van der Waals surface area contributed by atoms with E-state index in [1.54, 1.807) is 0 Å². The summed E-state index contributed by atoms with van der Waals surface area (Å²) in [4.78, 5) is 2.53. The number of rotatable bonds is 5. The lowest BCUT2D eigenvalue weighted by molar-refractivity contribution is 0.677. The minimum Gasteiger partial charge on any atom is -0.369 e. The molecule has 0 amide bonds. The van der Waals surface area contributed by atoms with Crippen molar-refractivity contribution in [2.24, 2.45) is 0 Å². The van der Waals surface area contributed by atoms with Crippen LogP contribution in [0.4, 0.5) is 5.69 Å². The van der Waals surface area contributed by atoms with Gasteiger partial charge in [-0.15, -0.1) is 0 Å². The number of thioether (sulfide) groups is 1. The van der Waals surface area contributed by atoms with Crippen molar-refractivity contribution in [1.29, 1.82) is 0 Å². The van der Waals surface area contributed by atoms with Crippen LogP contribution in [-0.2, 0) is 6.54 Å². The fourth-order valence-electron chi connectivity index (χ4n) is 2.74. The molecule has 0 aromatic heterocycles. The van der Waals surface area contributed by atoms with Crippen molar-refractivity contribution in [3.63, 3.8) is 0 Å². The third-order valence-corrected chi connectivity index (χ3v) is 5.90. The molecule has 1 aromatic carbocycles. The van der Waals surface area contributed by atoms with Crippen molar-refractivity contribution >= 4 is 29.1 Å². The fraction of sp³-hybridized carbons (Fsp3) is 0.625. The average molecular weight is 311 g/mol. The Kier molecular flexibility index (Phi) is 4.79. The fourth-order valence-corrected chi connectivity index (χ4v) is 4.15. The van der Waals surface area contributed by atoms with Crippen molar-refractivity contribution in [3.05, 3.63) is 28.8 Å². The number of nitrogens with zero attached hydrogens (tertiary/aromatic N) is 1. The van der Waals surface area contributed by atoms with Crippen LogP contribution in [0.25, 0.3) is 0 Å². The van der Waals surface area contributed by atoms with E-state index in [0.717, 1.165) is 35.9 Å². The van der Waals surface area contributed by atoms with Crippen LogP contribution in [0.15, 0.2) is 18.2 Å². The first-order valence-electron chi connectivity index (χ1n) is 7.65. The van der Waals surface area contributed by atoms with Crippen LogP contribution in [0.1, 0.15) is 31.7 Å². The summed E-state index contributed by atoms with van der Waals surface area (Å²) in [6.07, 6.45) is 3.88. The van der Waals surface area contributed by atoms with Gasteiger partial charge in [-0.1, -0.05) is 24.6 Å². The van der Waals surface area contributed by atoms with E-state index in [0.29, 0.717) is 0 Å². The molecule has 1 aliphatic carbocycles. The van der Waals surface area contributed by atoms with E-state index >= 15 is 0 Å². The largest absolute Gasteiger partial charge is 0.369 e. The second-order valence-corrected chi connectivity index (χ2v) is 7.56. The molecule has 2 fully saturated rings. The van der Waals surface area contributed by atoms with E-state index in [4.69, 9.17) is 11.6 Å². The topological polar surface area (TPSA) is 15.3 Å². The predicted octanol–water partition coefficient (Wildman–Crippen LogP) is 3.92. The Balaban J connectivity index is 1.77. The van der Waals surface area contributed by atoms with Crippen molar-refractivity contribution in [2.75, 3.05) is 23.7 Å². The van der Waals surface area contributed by atoms with Crippen LogP contribution in [0.3, 0.4) is 0 Å². The highest BCUT2D eigenvalue weighted by molar-refractivity contribution is 8.00. The van der Waals surface area contributed by atoms with Gasteiger partial charge in [-0.2, -0.15) is 11.8 Å². The van der Waals surface area contributed by atoms with Gasteiger partial charge in [-0.3, -0.25) is 0 Å². The number of hydrogen-bond acceptors (Lipinski definition) is 3. The van der Waals surface area contributed by atoms with Crippen LogP contribution in [-0.4, -0.2) is 30.1 Å². The van der Waals surface area contributed by atoms with Crippen molar-refractivity contribution in [1.82, 2.24) is 5.32 Å². The first-order valence-corrected chi connectivity index (χ1v) is 9.08. The molecule has 1 unspecified atom stereocenters. The lowest BCUT2D eigenvalue weighted by Gasteiger charge is -2.35. The Bertz CT molecular complexity index is 462. The lowest BCUT2D eigenvalue weighted by atomic mass is 10.1. The maximum Gasteiger partial charge on any atom is 0.0471 e. The normalized spacial score (nSPS) is 23.1. The molecule has 0 radical (unpaired) electrons. The molecule has 0 bridgehead atoms. The highest BCUT2D eigenvalue weighted by Crippen LogP contribution is 2.32. The first kappa shape index (κ1) is 14.6. The number of anilines is 1. The zero-order chi connectivity index (χ0) is 13.9. The van der Waals surface area contributed by atoms with E-state index in [-0.39, 0.29) is 0 Å². The molecule has 1 heterocycles. The summed E-state index contributed by atoms with van der Waals surface area (Å²) in [5.41, 5.74) is 2.62. The second-order valence-electron chi connectivity index (χ2n) is 5.74. The third kappa shape index (κ3) is 3.44. The zero-order valence-electron chi connectivity index (χ0n) is 12.1. The smallest absolute Gasteiger partial charge is 0.0471 e. The molecule has 2 nitrogen and oxygen atoms in total. The molecule has 2 aliphatic rings. The average Bonchev–Trinajstić information content (AvgIpc) is 3.30. The third-order valence-electron chi connectivity index (χ3n) is 4.17. The SMILES string of the molecule is CCC1CN(c2cccc(Cl)c2CNC2CC2)CCS1. The van der Waals surface area contributed by atoms with Gasteiger partial charge < -0.3 is 10.2 Å². The van der Waals surface area contributed by atoms with Crippen molar-refractivity contribution < 1.29 is 0 Å². The molecule has 4 heteroatoms. The van der Waals surface area contributed by atoms with Crippen LogP contribution in [0.5, 0.6) is 0 Å². The summed E-state index contributed by atoms with van der Waals surface area (Å²) in [7, 11) is 0. The molecular formula is C16H23ClN2S. The number of hydrogen-bond donors (Lipinski definition) is 1. The first-order chi connectivity index (χ1) is 9.78. The van der Waals surface area contributed by atoms with E-state index in [2.05, 4.69) is 41.0 Å². The van der Waals surface area contributed by atoms with Gasteiger partial charge in [-0.25, -0.2) is 0 Å². The minimum absolute atomic E-state index is 0.722. The molecule has 110 valence electrons. The van der Waals surface area contributed by atoms with Crippen molar-refractivity contribution in [2.45, 2.75) is 44.0 Å². The summed E-state index contributed by atoms with van der Waals surface area (Å²) in [5, 5.41) is 5.26. The Morgan fingerprint density at radius 1 is 1.40 bits per heavy atom. The number of benzene rings is 1. The van der Waals surface area contributed by atoms with E-state index < -0.39 is 0 Å². The molecule has 20 heavy (non-hydrogen) atoms. The molecule has 1 N–H and O–H groups in total. The van der Waals surface area contributed by atoms with Crippen molar-refractivity contribution in [3.8, 4) is 0 Å². The quantitative estimate of drug-likeness (QED) is 0.887. The zero-order valence-corrected chi connectivity index (χ0v) is 13.6. The van der Waals surface area contributed by atoms with Crippen LogP contribution >= 0.6 is 23.4 Å². The van der Waals surface area contributed by atoms with Gasteiger partial charge in [0.15, 0.2) is 0 Å². The van der Waals surface area contributed by atoms with Gasteiger partial charge in [0.25, 0.3) is 0 Å². The van der Waals surface area contributed by atoms with Gasteiger partial charge in [0.05, 0.1) is 0 Å². The molecular weight excluding hydrogens is 288 g/mol. The minimum atomic E-state index is 0.722. The highest BCUT2D eigenvalue weighted by atomic mass is 35.5. The summed E-state index contributed by atoms with van der Waals surface area (Å²) in [5.74, 6) is 1.22. The maximum absolute atomic E-state index is 6.45. The number of nitrogens with one attached hydrogen (secondary N) is 1. The summed E-state index contributed by atoms with van der Waals surface area (Å²) < 4.78 is 0. The molecule has 0 spiro atoms. The number of halogens is 1. The summed E-state index contributed by atoms with van der Waals surface area (Å²) in [6, 6.07) is 7.06. The predicted molar refractivity (Wildman–Crippen MR) is 90.1 cm³/mol. The Labute approximate surface area is 131 Å². The monoisotopic (exact) mass is 310 g/mol. The highest BCUT2D eigenvalue weighted by Gasteiger charge is 2.24. The molecule has 1 aromatic rings. The molecule has 1 aliphatic heterocycles. The van der Waals surface area contributed by atoms with Gasteiger partial charge in [-0.05, 0) is 31.4 Å². The van der Waals surface area contributed by atoms with Gasteiger partial charge in [0, 0.05) is 53.0 Å². The van der Waals surface area contributed by atoms with Gasteiger partial charge >= 0.3 is 0 Å². The lowest BCUT2D eigenvalue weighted by Crippen LogP contribution is -2.38. The summed E-state index contributed by atoms with van der Waals surface area (Å²) >= 11 is 8.56. The van der Waals surface area contributed by atoms with Crippen LogP contribution < -0.4 is 10.2 Å². The van der Waals surface area contributed by atoms with E-state index in [9.17, 15) is 0 Å². The van der Waals surface area contributed by atoms with Crippen LogP contribution in [0.2, 0.25) is 5.02 Å². The molecule has 1 saturated heterocycles. The Morgan fingerprint density at radius 2 is 2.25 bits per heavy atom. The second kappa shape index (κ2) is 6.59. The Morgan fingerprint density at radius 3 is 3.00 bits per heavy atom. The van der Waals surface area contributed by atoms with Crippen LogP contribution in [0, 0.1) is 0 Å². The molecule has 3 rings (SSSR count). The summed E-state index contributed by atoms with van der Waals surface area (Å²) in [6.45, 7) is 5.48. The maximum atomic E-state index is 6.45.